The number of aromatic nitrogens is 2. The molecule has 0 aliphatic heterocycles. The van der Waals surface area contributed by atoms with Crippen LogP contribution in [-0.4, -0.2) is 14.9 Å². The molecule has 0 unspecified atom stereocenters. The molecule has 0 spiro atoms. The van der Waals surface area contributed by atoms with Crippen molar-refractivity contribution in [1.82, 2.24) is 9.78 Å². The number of aliphatic hydroxyl groups excluding tert-OH is 1. The smallest absolute Gasteiger partial charge is 0.145 e. The van der Waals surface area contributed by atoms with Gasteiger partial charge in [-0.3, -0.25) is 4.68 Å². The number of benzene rings is 3. The normalized spacial score (nSPS) is 11.5. The molecule has 0 saturated carbocycles. The van der Waals surface area contributed by atoms with Gasteiger partial charge < -0.3 is 5.11 Å². The van der Waals surface area contributed by atoms with Crippen molar-refractivity contribution in [2.24, 2.45) is 7.05 Å². The van der Waals surface area contributed by atoms with E-state index in [1.54, 1.807) is 11.8 Å². The second kappa shape index (κ2) is 8.83. The Hall–Kier alpha value is -3.26. The van der Waals surface area contributed by atoms with Crippen LogP contribution in [0.2, 0.25) is 0 Å². The molecule has 1 N–H and O–H groups in total. The van der Waals surface area contributed by atoms with Crippen LogP contribution in [0.5, 0.6) is 0 Å². The number of aryl methyl sites for hydroxylation is 1. The van der Waals surface area contributed by atoms with Gasteiger partial charge in [0, 0.05) is 23.1 Å². The topological polar surface area (TPSA) is 38.0 Å². The number of hydrogen-bond acceptors (Lipinski definition) is 3. The molecule has 0 aliphatic carbocycles. The molecule has 0 radical (unpaired) electrons. The Morgan fingerprint density at radius 3 is 2.10 bits per heavy atom. The van der Waals surface area contributed by atoms with Crippen LogP contribution in [0.1, 0.15) is 17.2 Å². The molecule has 0 bridgehead atoms. The fraction of sp³-hybridized carbons (Fsp3) is 0.0800. The highest BCUT2D eigenvalue weighted by molar-refractivity contribution is 7.99. The first-order valence-corrected chi connectivity index (χ1v) is 10.1. The van der Waals surface area contributed by atoms with Gasteiger partial charge in [0.15, 0.2) is 0 Å². The van der Waals surface area contributed by atoms with Crippen molar-refractivity contribution in [3.05, 3.63) is 102 Å². The van der Waals surface area contributed by atoms with Crippen LogP contribution in [0, 0.1) is 11.8 Å². The van der Waals surface area contributed by atoms with Gasteiger partial charge in [-0.25, -0.2) is 0 Å². The second-order valence-electron chi connectivity index (χ2n) is 6.51. The predicted molar refractivity (Wildman–Crippen MR) is 117 cm³/mol. The van der Waals surface area contributed by atoms with E-state index in [0.29, 0.717) is 0 Å². The van der Waals surface area contributed by atoms with E-state index in [2.05, 4.69) is 11.8 Å². The van der Waals surface area contributed by atoms with Crippen molar-refractivity contribution in [3.63, 3.8) is 0 Å². The summed E-state index contributed by atoms with van der Waals surface area (Å²) in [6.07, 6.45) is -0.953. The van der Waals surface area contributed by atoms with Gasteiger partial charge >= 0.3 is 0 Å². The summed E-state index contributed by atoms with van der Waals surface area (Å²) in [6, 6.07) is 29.7. The van der Waals surface area contributed by atoms with Gasteiger partial charge in [-0.1, -0.05) is 90.3 Å². The largest absolute Gasteiger partial charge is 0.376 e. The number of hydrogen-bond donors (Lipinski definition) is 1. The minimum Gasteiger partial charge on any atom is -0.376 e. The lowest BCUT2D eigenvalue weighted by atomic mass is 10.0. The molecule has 4 aromatic rings. The van der Waals surface area contributed by atoms with Crippen molar-refractivity contribution < 1.29 is 5.11 Å². The third-order valence-electron chi connectivity index (χ3n) is 4.43. The SMILES string of the molecule is Cn1nc(-c2ccccc2)c([C@@H](O)C#Cc2ccccc2)c1Sc1ccccc1. The molecule has 1 aromatic heterocycles. The summed E-state index contributed by atoms with van der Waals surface area (Å²) in [5.74, 6) is 6.08. The molecule has 29 heavy (non-hydrogen) atoms. The highest BCUT2D eigenvalue weighted by atomic mass is 32.2. The van der Waals surface area contributed by atoms with Crippen molar-refractivity contribution >= 4 is 11.8 Å². The second-order valence-corrected chi connectivity index (χ2v) is 7.57. The summed E-state index contributed by atoms with van der Waals surface area (Å²) >= 11 is 1.58. The molecule has 1 atom stereocenters. The van der Waals surface area contributed by atoms with Crippen LogP contribution in [0.25, 0.3) is 11.3 Å². The van der Waals surface area contributed by atoms with E-state index >= 15 is 0 Å². The summed E-state index contributed by atoms with van der Waals surface area (Å²) in [5, 5.41) is 16.7. The Bertz CT molecular complexity index is 1140. The molecule has 3 aromatic carbocycles. The molecule has 4 rings (SSSR count). The third kappa shape index (κ3) is 4.43. The van der Waals surface area contributed by atoms with Crippen LogP contribution >= 0.6 is 11.8 Å². The van der Waals surface area contributed by atoms with Crippen molar-refractivity contribution in [2.45, 2.75) is 16.0 Å². The third-order valence-corrected chi connectivity index (χ3v) is 5.62. The quantitative estimate of drug-likeness (QED) is 0.474. The van der Waals surface area contributed by atoms with Crippen molar-refractivity contribution in [2.75, 3.05) is 0 Å². The molecule has 1 heterocycles. The standard InChI is InChI=1S/C25H20N2OS/c1-27-25(29-21-15-9-4-10-16-21)23(24(26-27)20-13-7-3-8-14-20)22(28)18-17-19-11-5-2-6-12-19/h2-16,22,28H,1H3/t22-/m0/s1. The Morgan fingerprint density at radius 1 is 0.862 bits per heavy atom. The molecule has 142 valence electrons. The molecule has 0 amide bonds. The first-order chi connectivity index (χ1) is 14.2. The summed E-state index contributed by atoms with van der Waals surface area (Å²) in [4.78, 5) is 1.08. The van der Waals surface area contributed by atoms with Crippen LogP contribution in [0.3, 0.4) is 0 Å². The molecular formula is C25H20N2OS. The lowest BCUT2D eigenvalue weighted by Gasteiger charge is -2.09. The Balaban J connectivity index is 1.79. The zero-order valence-corrected chi connectivity index (χ0v) is 16.8. The van der Waals surface area contributed by atoms with Crippen molar-refractivity contribution in [3.8, 4) is 23.1 Å². The maximum absolute atomic E-state index is 11.1. The van der Waals surface area contributed by atoms with Gasteiger partial charge in [-0.05, 0) is 24.3 Å². The predicted octanol–water partition coefficient (Wildman–Crippen LogP) is 5.32. The van der Waals surface area contributed by atoms with E-state index in [1.807, 2.05) is 103 Å². The van der Waals surface area contributed by atoms with Gasteiger partial charge in [0.25, 0.3) is 0 Å². The van der Waals surface area contributed by atoms with E-state index in [0.717, 1.165) is 32.3 Å². The highest BCUT2D eigenvalue weighted by Gasteiger charge is 2.23. The van der Waals surface area contributed by atoms with E-state index in [1.165, 1.54) is 0 Å². The van der Waals surface area contributed by atoms with E-state index in [9.17, 15) is 5.11 Å². The number of nitrogens with zero attached hydrogens (tertiary/aromatic N) is 2. The summed E-state index contributed by atoms with van der Waals surface area (Å²) in [6.45, 7) is 0. The molecule has 3 nitrogen and oxygen atoms in total. The van der Waals surface area contributed by atoms with Crippen LogP contribution in [-0.2, 0) is 7.05 Å². The summed E-state index contributed by atoms with van der Waals surface area (Å²) in [7, 11) is 1.90. The zero-order chi connectivity index (χ0) is 20.1. The Labute approximate surface area is 175 Å². The highest BCUT2D eigenvalue weighted by Crippen LogP contribution is 2.38. The van der Waals surface area contributed by atoms with Gasteiger partial charge in [-0.15, -0.1) is 0 Å². The van der Waals surface area contributed by atoms with Gasteiger partial charge in [0.1, 0.15) is 16.8 Å². The molecular weight excluding hydrogens is 376 g/mol. The zero-order valence-electron chi connectivity index (χ0n) is 16.0. The lowest BCUT2D eigenvalue weighted by molar-refractivity contribution is 0.235. The monoisotopic (exact) mass is 396 g/mol. The summed E-state index contributed by atoms with van der Waals surface area (Å²) < 4.78 is 1.82. The van der Waals surface area contributed by atoms with Gasteiger partial charge in [-0.2, -0.15) is 5.10 Å². The minimum atomic E-state index is -0.953. The average molecular weight is 397 g/mol. The average Bonchev–Trinajstić information content (AvgIpc) is 3.10. The van der Waals surface area contributed by atoms with Crippen LogP contribution < -0.4 is 0 Å². The van der Waals surface area contributed by atoms with Gasteiger partial charge in [0.2, 0.25) is 0 Å². The molecule has 0 aliphatic rings. The van der Waals surface area contributed by atoms with E-state index in [-0.39, 0.29) is 0 Å². The molecule has 4 heteroatoms. The van der Waals surface area contributed by atoms with Crippen LogP contribution in [0.15, 0.2) is 101 Å². The van der Waals surface area contributed by atoms with Gasteiger partial charge in [0.05, 0.1) is 5.56 Å². The first-order valence-electron chi connectivity index (χ1n) is 9.32. The fourth-order valence-corrected chi connectivity index (χ4v) is 4.05. The number of rotatable bonds is 4. The lowest BCUT2D eigenvalue weighted by Crippen LogP contribution is -1.99. The Kier molecular flexibility index (Phi) is 5.81. The van der Waals surface area contributed by atoms with E-state index in [4.69, 9.17) is 5.10 Å². The maximum Gasteiger partial charge on any atom is 0.145 e. The Morgan fingerprint density at radius 2 is 1.45 bits per heavy atom. The summed E-state index contributed by atoms with van der Waals surface area (Å²) in [5.41, 5.74) is 3.31. The number of aliphatic hydroxyl groups is 1. The first kappa shape index (κ1) is 19.1. The van der Waals surface area contributed by atoms with Crippen LogP contribution in [0.4, 0.5) is 0 Å². The maximum atomic E-state index is 11.1. The fourth-order valence-electron chi connectivity index (χ4n) is 3.05. The minimum absolute atomic E-state index is 0.732. The molecule has 0 fully saturated rings. The van der Waals surface area contributed by atoms with E-state index < -0.39 is 6.10 Å². The molecule has 0 saturated heterocycles. The van der Waals surface area contributed by atoms with Crippen molar-refractivity contribution in [1.29, 1.82) is 0 Å².